The summed E-state index contributed by atoms with van der Waals surface area (Å²) in [6.45, 7) is 2.24. The number of rotatable bonds is 3. The van der Waals surface area contributed by atoms with Crippen LogP contribution in [0.3, 0.4) is 0 Å². The molecule has 0 radical (unpaired) electrons. The van der Waals surface area contributed by atoms with Gasteiger partial charge in [0.1, 0.15) is 0 Å². The van der Waals surface area contributed by atoms with Crippen LogP contribution >= 0.6 is 0 Å². The summed E-state index contributed by atoms with van der Waals surface area (Å²) in [6, 6.07) is 0. The zero-order valence-corrected chi connectivity index (χ0v) is 8.66. The molecule has 1 aliphatic rings. The van der Waals surface area contributed by atoms with Crippen molar-refractivity contribution in [3.05, 3.63) is 0 Å². The Kier molecular flexibility index (Phi) is 3.89. The molecule has 4 heteroatoms. The van der Waals surface area contributed by atoms with Crippen molar-refractivity contribution in [2.24, 2.45) is 11.7 Å². The molecule has 0 amide bonds. The molecule has 1 fully saturated rings. The van der Waals surface area contributed by atoms with E-state index in [4.69, 9.17) is 15.6 Å². The van der Waals surface area contributed by atoms with Crippen molar-refractivity contribution in [3.63, 3.8) is 0 Å². The molecule has 4 nitrogen and oxygen atoms in total. The maximum absolute atomic E-state index is 11.4. The lowest BCUT2D eigenvalue weighted by molar-refractivity contribution is -0.149. The van der Waals surface area contributed by atoms with E-state index in [-0.39, 0.29) is 18.5 Å². The number of hydrogen-bond acceptors (Lipinski definition) is 4. The smallest absolute Gasteiger partial charge is 0.308 e. The summed E-state index contributed by atoms with van der Waals surface area (Å²) in [4.78, 5) is 11.4. The molecule has 0 aromatic rings. The lowest BCUT2D eigenvalue weighted by atomic mass is 9.77. The molecule has 0 unspecified atom stereocenters. The fourth-order valence-electron chi connectivity index (χ4n) is 1.85. The molecule has 0 aromatic carbocycles. The number of carbonyl (C=O) groups is 1. The highest BCUT2D eigenvalue weighted by molar-refractivity contribution is 5.72. The van der Waals surface area contributed by atoms with Crippen molar-refractivity contribution >= 4 is 5.97 Å². The lowest BCUT2D eigenvalue weighted by Crippen LogP contribution is -2.47. The summed E-state index contributed by atoms with van der Waals surface area (Å²) in [5, 5.41) is 9.04. The maximum Gasteiger partial charge on any atom is 0.308 e. The molecule has 1 rings (SSSR count). The van der Waals surface area contributed by atoms with Crippen LogP contribution in [-0.4, -0.2) is 29.8 Å². The molecule has 82 valence electrons. The Hall–Kier alpha value is -0.610. The Balaban J connectivity index is 2.39. The molecule has 0 bridgehead atoms. The van der Waals surface area contributed by atoms with Gasteiger partial charge in [-0.05, 0) is 32.6 Å². The summed E-state index contributed by atoms with van der Waals surface area (Å²) in [6.07, 6.45) is 2.87. The van der Waals surface area contributed by atoms with Gasteiger partial charge in [-0.15, -0.1) is 0 Å². The maximum atomic E-state index is 11.4. The molecule has 0 heterocycles. The monoisotopic (exact) mass is 201 g/mol. The first kappa shape index (κ1) is 11.5. The number of carbonyl (C=O) groups excluding carboxylic acids is 1. The second-order valence-electron chi connectivity index (χ2n) is 4.05. The van der Waals surface area contributed by atoms with Crippen molar-refractivity contribution in [1.29, 1.82) is 0 Å². The van der Waals surface area contributed by atoms with E-state index in [1.165, 1.54) is 0 Å². The third-order valence-corrected chi connectivity index (χ3v) is 2.92. The Labute approximate surface area is 84.4 Å². The number of ether oxygens (including phenoxy) is 1. The van der Waals surface area contributed by atoms with E-state index >= 15 is 0 Å². The largest absolute Gasteiger partial charge is 0.466 e. The SMILES string of the molecule is CCOC(=O)C1CCC(N)(CO)CC1. The highest BCUT2D eigenvalue weighted by atomic mass is 16.5. The van der Waals surface area contributed by atoms with Crippen LogP contribution in [0, 0.1) is 5.92 Å². The van der Waals surface area contributed by atoms with E-state index < -0.39 is 5.54 Å². The van der Waals surface area contributed by atoms with Crippen molar-refractivity contribution in [2.45, 2.75) is 38.1 Å². The van der Waals surface area contributed by atoms with Crippen LogP contribution in [0.15, 0.2) is 0 Å². The van der Waals surface area contributed by atoms with E-state index in [9.17, 15) is 4.79 Å². The average molecular weight is 201 g/mol. The van der Waals surface area contributed by atoms with Crippen LogP contribution < -0.4 is 5.73 Å². The Morgan fingerprint density at radius 3 is 2.57 bits per heavy atom. The fraction of sp³-hybridized carbons (Fsp3) is 0.900. The molecular formula is C10H19NO3. The van der Waals surface area contributed by atoms with Crippen molar-refractivity contribution in [2.75, 3.05) is 13.2 Å². The van der Waals surface area contributed by atoms with Gasteiger partial charge in [-0.2, -0.15) is 0 Å². The molecule has 1 saturated carbocycles. The summed E-state index contributed by atoms with van der Waals surface area (Å²) in [5.41, 5.74) is 5.42. The van der Waals surface area contributed by atoms with Gasteiger partial charge in [0.25, 0.3) is 0 Å². The normalized spacial score (nSPS) is 32.6. The van der Waals surface area contributed by atoms with Gasteiger partial charge in [0, 0.05) is 5.54 Å². The van der Waals surface area contributed by atoms with Gasteiger partial charge in [0.15, 0.2) is 0 Å². The van der Waals surface area contributed by atoms with Gasteiger partial charge in [-0.1, -0.05) is 0 Å². The van der Waals surface area contributed by atoms with Crippen molar-refractivity contribution < 1.29 is 14.6 Å². The van der Waals surface area contributed by atoms with E-state index in [2.05, 4.69) is 0 Å². The number of aliphatic hydroxyl groups excluding tert-OH is 1. The van der Waals surface area contributed by atoms with Crippen LogP contribution in [0.25, 0.3) is 0 Å². The Bertz CT molecular complexity index is 198. The predicted octanol–water partition coefficient (Wildman–Crippen LogP) is 0.429. The van der Waals surface area contributed by atoms with Gasteiger partial charge >= 0.3 is 5.97 Å². The van der Waals surface area contributed by atoms with E-state index in [1.54, 1.807) is 0 Å². The zero-order chi connectivity index (χ0) is 10.6. The number of nitrogens with two attached hydrogens (primary N) is 1. The van der Waals surface area contributed by atoms with Gasteiger partial charge in [0.2, 0.25) is 0 Å². The van der Waals surface area contributed by atoms with Crippen molar-refractivity contribution in [1.82, 2.24) is 0 Å². The molecule has 0 spiro atoms. The fourth-order valence-corrected chi connectivity index (χ4v) is 1.85. The van der Waals surface area contributed by atoms with E-state index in [0.717, 1.165) is 12.8 Å². The van der Waals surface area contributed by atoms with Gasteiger partial charge in [-0.25, -0.2) is 0 Å². The molecule has 14 heavy (non-hydrogen) atoms. The summed E-state index contributed by atoms with van der Waals surface area (Å²) in [5.74, 6) is -0.134. The zero-order valence-electron chi connectivity index (χ0n) is 8.66. The minimum Gasteiger partial charge on any atom is -0.466 e. The standard InChI is InChI=1S/C10H19NO3/c1-2-14-9(13)8-3-5-10(11,7-12)6-4-8/h8,12H,2-7,11H2,1H3. The predicted molar refractivity (Wildman–Crippen MR) is 52.6 cm³/mol. The number of esters is 1. The third-order valence-electron chi connectivity index (χ3n) is 2.92. The molecule has 0 aromatic heterocycles. The van der Waals surface area contributed by atoms with Gasteiger partial charge in [-0.3, -0.25) is 4.79 Å². The summed E-state index contributed by atoms with van der Waals surface area (Å²) >= 11 is 0. The highest BCUT2D eigenvalue weighted by Gasteiger charge is 2.34. The van der Waals surface area contributed by atoms with Crippen LogP contribution in [-0.2, 0) is 9.53 Å². The Morgan fingerprint density at radius 2 is 2.14 bits per heavy atom. The molecule has 0 atom stereocenters. The van der Waals surface area contributed by atoms with Crippen LogP contribution in [0.1, 0.15) is 32.6 Å². The van der Waals surface area contributed by atoms with Crippen LogP contribution in [0.4, 0.5) is 0 Å². The topological polar surface area (TPSA) is 72.5 Å². The van der Waals surface area contributed by atoms with Crippen LogP contribution in [0.5, 0.6) is 0 Å². The quantitative estimate of drug-likeness (QED) is 0.649. The van der Waals surface area contributed by atoms with E-state index in [0.29, 0.717) is 19.4 Å². The summed E-state index contributed by atoms with van der Waals surface area (Å²) in [7, 11) is 0. The third kappa shape index (κ3) is 2.69. The van der Waals surface area contributed by atoms with Crippen LogP contribution in [0.2, 0.25) is 0 Å². The first-order valence-corrected chi connectivity index (χ1v) is 5.17. The first-order chi connectivity index (χ1) is 6.61. The molecule has 0 aliphatic heterocycles. The summed E-state index contributed by atoms with van der Waals surface area (Å²) < 4.78 is 4.94. The second-order valence-corrected chi connectivity index (χ2v) is 4.05. The molecule has 0 saturated heterocycles. The first-order valence-electron chi connectivity index (χ1n) is 5.17. The molecule has 3 N–H and O–H groups in total. The number of hydrogen-bond donors (Lipinski definition) is 2. The second kappa shape index (κ2) is 4.75. The van der Waals surface area contributed by atoms with Crippen molar-refractivity contribution in [3.8, 4) is 0 Å². The minimum atomic E-state index is -0.469. The minimum absolute atomic E-state index is 0.00253. The highest BCUT2D eigenvalue weighted by Crippen LogP contribution is 2.30. The average Bonchev–Trinajstić information content (AvgIpc) is 2.19. The van der Waals surface area contributed by atoms with Gasteiger partial charge in [0.05, 0.1) is 19.1 Å². The van der Waals surface area contributed by atoms with E-state index in [1.807, 2.05) is 6.92 Å². The molecular weight excluding hydrogens is 182 g/mol. The Morgan fingerprint density at radius 1 is 1.57 bits per heavy atom. The lowest BCUT2D eigenvalue weighted by Gasteiger charge is -2.34. The van der Waals surface area contributed by atoms with Gasteiger partial charge < -0.3 is 15.6 Å². The number of aliphatic hydroxyl groups is 1. The molecule has 1 aliphatic carbocycles.